The summed E-state index contributed by atoms with van der Waals surface area (Å²) in [4.78, 5) is 18.6. The number of hydrogen-bond donors (Lipinski definition) is 1. The number of pyridine rings is 1. The Morgan fingerprint density at radius 1 is 1.15 bits per heavy atom. The molecule has 4 heteroatoms. The van der Waals surface area contributed by atoms with Gasteiger partial charge in [-0.3, -0.25) is 0 Å². The van der Waals surface area contributed by atoms with E-state index in [-0.39, 0.29) is 0 Å². The van der Waals surface area contributed by atoms with Gasteiger partial charge in [0, 0.05) is 30.2 Å². The summed E-state index contributed by atoms with van der Waals surface area (Å²) in [6, 6.07) is 13.4. The van der Waals surface area contributed by atoms with Gasteiger partial charge in [0.1, 0.15) is 5.82 Å². The average molecular weight is 360 g/mol. The van der Waals surface area contributed by atoms with E-state index < -0.39 is 5.97 Å². The van der Waals surface area contributed by atoms with Crippen LogP contribution >= 0.6 is 0 Å². The van der Waals surface area contributed by atoms with Crippen LogP contribution in [0.2, 0.25) is 0 Å². The van der Waals surface area contributed by atoms with Gasteiger partial charge in [0.25, 0.3) is 0 Å². The molecular weight excluding hydrogens is 336 g/mol. The predicted octanol–water partition coefficient (Wildman–Crippen LogP) is 5.14. The van der Waals surface area contributed by atoms with E-state index in [4.69, 9.17) is 4.98 Å². The summed E-state index contributed by atoms with van der Waals surface area (Å²) < 4.78 is 0. The van der Waals surface area contributed by atoms with Crippen LogP contribution in [0.5, 0.6) is 0 Å². The lowest BCUT2D eigenvalue weighted by molar-refractivity contribution is 0.0697. The number of carbonyl (C=O) groups is 1. The van der Waals surface area contributed by atoms with Crippen molar-refractivity contribution in [2.24, 2.45) is 5.92 Å². The highest BCUT2D eigenvalue weighted by Crippen LogP contribution is 2.36. The molecular formula is C23H24N2O2. The number of carboxylic acid groups (broad SMARTS) is 1. The van der Waals surface area contributed by atoms with Crippen LogP contribution < -0.4 is 4.90 Å². The van der Waals surface area contributed by atoms with Gasteiger partial charge in [-0.05, 0) is 54.3 Å². The Morgan fingerprint density at radius 3 is 2.63 bits per heavy atom. The van der Waals surface area contributed by atoms with Crippen molar-refractivity contribution in [3.63, 3.8) is 0 Å². The third-order valence-corrected chi connectivity index (χ3v) is 5.60. The Balaban J connectivity index is 1.88. The van der Waals surface area contributed by atoms with Crippen LogP contribution in [0.15, 0.2) is 48.7 Å². The Labute approximate surface area is 159 Å². The largest absolute Gasteiger partial charge is 0.478 e. The molecule has 0 bridgehead atoms. The van der Waals surface area contributed by atoms with Gasteiger partial charge in [-0.15, -0.1) is 0 Å². The molecule has 0 atom stereocenters. The molecule has 138 valence electrons. The summed E-state index contributed by atoms with van der Waals surface area (Å²) in [7, 11) is 0. The van der Waals surface area contributed by atoms with E-state index in [0.29, 0.717) is 5.56 Å². The molecule has 0 amide bonds. The van der Waals surface area contributed by atoms with Crippen molar-refractivity contribution in [1.82, 2.24) is 4.98 Å². The number of carboxylic acids is 1. The SMILES string of the molecule is Cc1cccc2c(N3CCC(C)CC3)ncc(-c3cccc(C(=O)O)c3)c12. The van der Waals surface area contributed by atoms with Crippen molar-refractivity contribution in [3.8, 4) is 11.1 Å². The van der Waals surface area contributed by atoms with Crippen LogP contribution in [0.25, 0.3) is 21.9 Å². The predicted molar refractivity (Wildman–Crippen MR) is 109 cm³/mol. The fourth-order valence-electron chi connectivity index (χ4n) is 3.98. The average Bonchev–Trinajstić information content (AvgIpc) is 2.68. The maximum Gasteiger partial charge on any atom is 0.335 e. The van der Waals surface area contributed by atoms with E-state index in [1.807, 2.05) is 12.3 Å². The van der Waals surface area contributed by atoms with Crippen LogP contribution in [-0.4, -0.2) is 29.1 Å². The van der Waals surface area contributed by atoms with Crippen LogP contribution in [0.1, 0.15) is 35.7 Å². The Bertz CT molecular complexity index is 1000. The first-order chi connectivity index (χ1) is 13.0. The van der Waals surface area contributed by atoms with E-state index in [2.05, 4.69) is 36.9 Å². The molecule has 1 N–H and O–H groups in total. The minimum atomic E-state index is -0.912. The number of aromatic nitrogens is 1. The molecule has 0 saturated carbocycles. The highest BCUT2D eigenvalue weighted by atomic mass is 16.4. The molecule has 0 radical (unpaired) electrons. The van der Waals surface area contributed by atoms with E-state index in [1.165, 1.54) is 18.4 Å². The summed E-state index contributed by atoms with van der Waals surface area (Å²) in [6.07, 6.45) is 4.29. The highest BCUT2D eigenvalue weighted by molar-refractivity contribution is 6.04. The van der Waals surface area contributed by atoms with Crippen molar-refractivity contribution in [2.45, 2.75) is 26.7 Å². The third-order valence-electron chi connectivity index (χ3n) is 5.60. The first-order valence-corrected chi connectivity index (χ1v) is 9.51. The molecule has 4 rings (SSSR count). The summed E-state index contributed by atoms with van der Waals surface area (Å²) in [5.74, 6) is 0.899. The molecule has 1 aliphatic heterocycles. The maximum atomic E-state index is 11.4. The second-order valence-corrected chi connectivity index (χ2v) is 7.55. The fraction of sp³-hybridized carbons (Fsp3) is 0.304. The zero-order valence-electron chi connectivity index (χ0n) is 15.8. The van der Waals surface area contributed by atoms with Crippen LogP contribution in [0.4, 0.5) is 5.82 Å². The monoisotopic (exact) mass is 360 g/mol. The fourth-order valence-corrected chi connectivity index (χ4v) is 3.98. The van der Waals surface area contributed by atoms with Crippen molar-refractivity contribution in [2.75, 3.05) is 18.0 Å². The lowest BCUT2D eigenvalue weighted by atomic mass is 9.94. The summed E-state index contributed by atoms with van der Waals surface area (Å²) in [6.45, 7) is 6.48. The molecule has 2 aromatic carbocycles. The summed E-state index contributed by atoms with van der Waals surface area (Å²) >= 11 is 0. The van der Waals surface area contributed by atoms with Gasteiger partial charge in [0.15, 0.2) is 0 Å². The zero-order valence-corrected chi connectivity index (χ0v) is 15.8. The molecule has 1 fully saturated rings. The van der Waals surface area contributed by atoms with Gasteiger partial charge in [-0.25, -0.2) is 9.78 Å². The second-order valence-electron chi connectivity index (χ2n) is 7.55. The lowest BCUT2D eigenvalue weighted by Crippen LogP contribution is -2.33. The summed E-state index contributed by atoms with van der Waals surface area (Å²) in [5, 5.41) is 11.6. The van der Waals surface area contributed by atoms with Gasteiger partial charge >= 0.3 is 5.97 Å². The number of anilines is 1. The summed E-state index contributed by atoms with van der Waals surface area (Å²) in [5.41, 5.74) is 3.35. The lowest BCUT2D eigenvalue weighted by Gasteiger charge is -2.32. The number of fused-ring (bicyclic) bond motifs is 1. The van der Waals surface area contributed by atoms with E-state index in [0.717, 1.165) is 46.7 Å². The molecule has 2 heterocycles. The van der Waals surface area contributed by atoms with Gasteiger partial charge in [-0.2, -0.15) is 0 Å². The number of benzene rings is 2. The quantitative estimate of drug-likeness (QED) is 0.702. The van der Waals surface area contributed by atoms with Gasteiger partial charge in [0.2, 0.25) is 0 Å². The van der Waals surface area contributed by atoms with Crippen molar-refractivity contribution >= 4 is 22.6 Å². The van der Waals surface area contributed by atoms with Crippen molar-refractivity contribution in [1.29, 1.82) is 0 Å². The first kappa shape index (κ1) is 17.5. The Morgan fingerprint density at radius 2 is 1.89 bits per heavy atom. The number of nitrogens with zero attached hydrogens (tertiary/aromatic N) is 2. The number of aromatic carboxylic acids is 1. The van der Waals surface area contributed by atoms with E-state index >= 15 is 0 Å². The molecule has 0 spiro atoms. The number of piperidine rings is 1. The molecule has 0 unspecified atom stereocenters. The number of rotatable bonds is 3. The zero-order chi connectivity index (χ0) is 19.0. The second kappa shape index (κ2) is 7.03. The van der Waals surface area contributed by atoms with Gasteiger partial charge in [-0.1, -0.05) is 37.3 Å². The van der Waals surface area contributed by atoms with Gasteiger partial charge in [0.05, 0.1) is 5.56 Å². The highest BCUT2D eigenvalue weighted by Gasteiger charge is 2.20. The topological polar surface area (TPSA) is 53.4 Å². The van der Waals surface area contributed by atoms with Crippen LogP contribution in [-0.2, 0) is 0 Å². The smallest absolute Gasteiger partial charge is 0.335 e. The molecule has 1 aromatic heterocycles. The molecule has 3 aromatic rings. The minimum Gasteiger partial charge on any atom is -0.478 e. The van der Waals surface area contributed by atoms with Crippen LogP contribution in [0, 0.1) is 12.8 Å². The minimum absolute atomic E-state index is 0.295. The Kier molecular flexibility index (Phi) is 4.56. The van der Waals surface area contributed by atoms with Crippen molar-refractivity contribution < 1.29 is 9.90 Å². The normalized spacial score (nSPS) is 15.3. The number of aryl methyl sites for hydroxylation is 1. The van der Waals surface area contributed by atoms with E-state index in [1.54, 1.807) is 18.2 Å². The molecule has 1 aliphatic rings. The molecule has 1 saturated heterocycles. The standard InChI is InChI=1S/C23H24N2O2/c1-15-9-11-25(12-10-15)22-19-8-3-5-16(2)21(19)20(14-24-22)17-6-4-7-18(13-17)23(26)27/h3-8,13-15H,9-12H2,1-2H3,(H,26,27). The van der Waals surface area contributed by atoms with Gasteiger partial charge < -0.3 is 10.0 Å². The first-order valence-electron chi connectivity index (χ1n) is 9.51. The van der Waals surface area contributed by atoms with Crippen molar-refractivity contribution in [3.05, 3.63) is 59.8 Å². The third kappa shape index (κ3) is 3.27. The van der Waals surface area contributed by atoms with Crippen LogP contribution in [0.3, 0.4) is 0 Å². The van der Waals surface area contributed by atoms with E-state index in [9.17, 15) is 9.90 Å². The molecule has 0 aliphatic carbocycles. The molecule has 4 nitrogen and oxygen atoms in total. The molecule has 27 heavy (non-hydrogen) atoms. The Hall–Kier alpha value is -2.88. The maximum absolute atomic E-state index is 11.4. The number of hydrogen-bond acceptors (Lipinski definition) is 3.